The summed E-state index contributed by atoms with van der Waals surface area (Å²) in [4.78, 5) is 0. The van der Waals surface area contributed by atoms with Gasteiger partial charge in [-0.15, -0.1) is 5.10 Å². The zero-order valence-corrected chi connectivity index (χ0v) is 11.7. The number of nitrogens with one attached hydrogen (secondary N) is 1. The smallest absolute Gasteiger partial charge is 0.0965 e. The zero-order valence-electron chi connectivity index (χ0n) is 11.7. The normalized spacial score (nSPS) is 12.0. The molecule has 0 aliphatic carbocycles. The maximum atomic E-state index is 4.17. The fraction of sp³-hybridized carbons (Fsp3) is 0.846. The Hall–Kier alpha value is -0.900. The first-order valence-corrected chi connectivity index (χ1v) is 6.65. The van der Waals surface area contributed by atoms with E-state index in [1.54, 1.807) is 0 Å². The minimum Gasteiger partial charge on any atom is -0.306 e. The van der Waals surface area contributed by atoms with Crippen LogP contribution in [0.2, 0.25) is 0 Å². The van der Waals surface area contributed by atoms with E-state index in [2.05, 4.69) is 43.3 Å². The molecule has 1 rings (SSSR count). The summed E-state index contributed by atoms with van der Waals surface area (Å²) >= 11 is 0. The predicted molar refractivity (Wildman–Crippen MR) is 70.8 cm³/mol. The SMILES string of the molecule is CCCCCCn1cc(CNC(C)(C)C)nn1. The molecule has 17 heavy (non-hydrogen) atoms. The Bertz CT molecular complexity index is 311. The van der Waals surface area contributed by atoms with Crippen LogP contribution in [0, 0.1) is 0 Å². The van der Waals surface area contributed by atoms with Crippen molar-refractivity contribution < 1.29 is 0 Å². The summed E-state index contributed by atoms with van der Waals surface area (Å²) in [5, 5.41) is 11.7. The topological polar surface area (TPSA) is 42.7 Å². The number of aryl methyl sites for hydroxylation is 1. The van der Waals surface area contributed by atoms with Crippen LogP contribution in [0.5, 0.6) is 0 Å². The Balaban J connectivity index is 2.28. The van der Waals surface area contributed by atoms with Crippen molar-refractivity contribution in [3.8, 4) is 0 Å². The molecule has 0 atom stereocenters. The van der Waals surface area contributed by atoms with Crippen LogP contribution in [0.4, 0.5) is 0 Å². The first-order valence-electron chi connectivity index (χ1n) is 6.65. The number of unbranched alkanes of at least 4 members (excludes halogenated alkanes) is 3. The lowest BCUT2D eigenvalue weighted by molar-refractivity contribution is 0.421. The van der Waals surface area contributed by atoms with Crippen molar-refractivity contribution in [2.45, 2.75) is 72.0 Å². The molecular weight excluding hydrogens is 212 g/mol. The Kier molecular flexibility index (Phi) is 5.62. The monoisotopic (exact) mass is 238 g/mol. The van der Waals surface area contributed by atoms with Crippen LogP contribution in [0.25, 0.3) is 0 Å². The summed E-state index contributed by atoms with van der Waals surface area (Å²) < 4.78 is 1.95. The Labute approximate surface area is 105 Å². The summed E-state index contributed by atoms with van der Waals surface area (Å²) in [6.45, 7) is 10.5. The van der Waals surface area contributed by atoms with Gasteiger partial charge in [-0.25, -0.2) is 0 Å². The zero-order chi connectivity index (χ0) is 12.7. The second kappa shape index (κ2) is 6.74. The van der Waals surface area contributed by atoms with Crippen molar-refractivity contribution in [2.75, 3.05) is 0 Å². The quantitative estimate of drug-likeness (QED) is 0.743. The molecule has 1 heterocycles. The molecule has 0 aromatic carbocycles. The molecule has 0 bridgehead atoms. The molecule has 0 unspecified atom stereocenters. The molecule has 0 aliphatic rings. The van der Waals surface area contributed by atoms with E-state index in [4.69, 9.17) is 0 Å². The highest BCUT2D eigenvalue weighted by molar-refractivity contribution is 4.92. The van der Waals surface area contributed by atoms with Gasteiger partial charge < -0.3 is 5.32 Å². The van der Waals surface area contributed by atoms with Gasteiger partial charge in [0.15, 0.2) is 0 Å². The predicted octanol–water partition coefficient (Wildman–Crippen LogP) is 2.75. The standard InChI is InChI=1S/C13H26N4/c1-5-6-7-8-9-17-11-12(15-16-17)10-14-13(2,3)4/h11,14H,5-10H2,1-4H3. The van der Waals surface area contributed by atoms with Gasteiger partial charge in [-0.1, -0.05) is 31.4 Å². The highest BCUT2D eigenvalue weighted by Crippen LogP contribution is 2.04. The van der Waals surface area contributed by atoms with E-state index < -0.39 is 0 Å². The Morgan fingerprint density at radius 2 is 2.00 bits per heavy atom. The largest absolute Gasteiger partial charge is 0.306 e. The third-order valence-electron chi connectivity index (χ3n) is 2.63. The van der Waals surface area contributed by atoms with Crippen molar-refractivity contribution in [1.82, 2.24) is 20.3 Å². The second-order valence-corrected chi connectivity index (χ2v) is 5.64. The molecule has 0 aliphatic heterocycles. The minimum atomic E-state index is 0.130. The fourth-order valence-electron chi connectivity index (χ4n) is 1.59. The van der Waals surface area contributed by atoms with Crippen molar-refractivity contribution in [1.29, 1.82) is 0 Å². The number of hydrogen-bond donors (Lipinski definition) is 1. The van der Waals surface area contributed by atoms with Gasteiger partial charge >= 0.3 is 0 Å². The van der Waals surface area contributed by atoms with E-state index in [9.17, 15) is 0 Å². The third-order valence-corrected chi connectivity index (χ3v) is 2.63. The maximum Gasteiger partial charge on any atom is 0.0965 e. The molecule has 1 aromatic heterocycles. The van der Waals surface area contributed by atoms with E-state index in [0.29, 0.717) is 0 Å². The van der Waals surface area contributed by atoms with E-state index >= 15 is 0 Å². The third kappa shape index (κ3) is 6.41. The van der Waals surface area contributed by atoms with Crippen LogP contribution in [0.3, 0.4) is 0 Å². The van der Waals surface area contributed by atoms with Crippen molar-refractivity contribution in [2.24, 2.45) is 0 Å². The van der Waals surface area contributed by atoms with Crippen molar-refractivity contribution in [3.05, 3.63) is 11.9 Å². The van der Waals surface area contributed by atoms with Gasteiger partial charge in [0, 0.05) is 24.8 Å². The fourth-order valence-corrected chi connectivity index (χ4v) is 1.59. The molecule has 0 amide bonds. The van der Waals surface area contributed by atoms with Crippen LogP contribution < -0.4 is 5.32 Å². The number of aromatic nitrogens is 3. The molecule has 0 fully saturated rings. The number of rotatable bonds is 7. The van der Waals surface area contributed by atoms with Crippen LogP contribution in [0.15, 0.2) is 6.20 Å². The minimum absolute atomic E-state index is 0.130. The second-order valence-electron chi connectivity index (χ2n) is 5.64. The summed E-state index contributed by atoms with van der Waals surface area (Å²) in [6.07, 6.45) is 7.12. The van der Waals surface area contributed by atoms with Gasteiger partial charge in [0.1, 0.15) is 0 Å². The number of nitrogens with zero attached hydrogens (tertiary/aromatic N) is 3. The van der Waals surface area contributed by atoms with E-state index in [1.807, 2.05) is 10.9 Å². The lowest BCUT2D eigenvalue weighted by Gasteiger charge is -2.19. The molecule has 4 heteroatoms. The lowest BCUT2D eigenvalue weighted by atomic mass is 10.1. The molecule has 0 radical (unpaired) electrons. The summed E-state index contributed by atoms with van der Waals surface area (Å²) in [5.74, 6) is 0. The van der Waals surface area contributed by atoms with Crippen molar-refractivity contribution >= 4 is 0 Å². The van der Waals surface area contributed by atoms with E-state index in [-0.39, 0.29) is 5.54 Å². The van der Waals surface area contributed by atoms with Gasteiger partial charge in [-0.05, 0) is 27.2 Å². The molecule has 0 saturated heterocycles. The number of hydrogen-bond acceptors (Lipinski definition) is 3. The van der Waals surface area contributed by atoms with Crippen LogP contribution >= 0.6 is 0 Å². The van der Waals surface area contributed by atoms with Crippen LogP contribution in [-0.2, 0) is 13.1 Å². The average Bonchev–Trinajstić information content (AvgIpc) is 2.69. The van der Waals surface area contributed by atoms with E-state index in [0.717, 1.165) is 18.8 Å². The van der Waals surface area contributed by atoms with Gasteiger partial charge in [-0.2, -0.15) is 0 Å². The molecule has 1 aromatic rings. The molecular formula is C13H26N4. The first kappa shape index (κ1) is 14.2. The van der Waals surface area contributed by atoms with Gasteiger partial charge in [0.25, 0.3) is 0 Å². The lowest BCUT2D eigenvalue weighted by Crippen LogP contribution is -2.35. The van der Waals surface area contributed by atoms with Gasteiger partial charge in [0.05, 0.1) is 5.69 Å². The Morgan fingerprint density at radius 1 is 1.24 bits per heavy atom. The van der Waals surface area contributed by atoms with Gasteiger partial charge in [0.2, 0.25) is 0 Å². The molecule has 0 spiro atoms. The van der Waals surface area contributed by atoms with E-state index in [1.165, 1.54) is 25.7 Å². The molecule has 0 saturated carbocycles. The average molecular weight is 238 g/mol. The molecule has 1 N–H and O–H groups in total. The Morgan fingerprint density at radius 3 is 2.65 bits per heavy atom. The molecule has 4 nitrogen and oxygen atoms in total. The van der Waals surface area contributed by atoms with Crippen molar-refractivity contribution in [3.63, 3.8) is 0 Å². The summed E-state index contributed by atoms with van der Waals surface area (Å²) in [7, 11) is 0. The first-order chi connectivity index (χ1) is 8.01. The highest BCUT2D eigenvalue weighted by atomic mass is 15.4. The van der Waals surface area contributed by atoms with Crippen LogP contribution in [0.1, 0.15) is 59.1 Å². The molecule has 98 valence electrons. The van der Waals surface area contributed by atoms with Gasteiger partial charge in [-0.3, -0.25) is 4.68 Å². The highest BCUT2D eigenvalue weighted by Gasteiger charge is 2.09. The van der Waals surface area contributed by atoms with Crippen LogP contribution in [-0.4, -0.2) is 20.5 Å². The summed E-state index contributed by atoms with van der Waals surface area (Å²) in [6, 6.07) is 0. The summed E-state index contributed by atoms with van der Waals surface area (Å²) in [5.41, 5.74) is 1.15. The maximum absolute atomic E-state index is 4.17.